The second-order valence-corrected chi connectivity index (χ2v) is 4.89. The Labute approximate surface area is 115 Å². The van der Waals surface area contributed by atoms with E-state index < -0.39 is 0 Å². The molecule has 0 fully saturated rings. The van der Waals surface area contributed by atoms with Gasteiger partial charge in [0.15, 0.2) is 0 Å². The van der Waals surface area contributed by atoms with Crippen molar-refractivity contribution in [3.05, 3.63) is 70.6 Å². The average molecular weight is 278 g/mol. The normalized spacial score (nSPS) is 11.0. The lowest BCUT2D eigenvalue weighted by Crippen LogP contribution is -2.32. The highest BCUT2D eigenvalue weighted by Crippen LogP contribution is 2.25. The molecule has 0 aliphatic carbocycles. The van der Waals surface area contributed by atoms with E-state index in [1.807, 2.05) is 42.9 Å². The average Bonchev–Trinajstić information content (AvgIpc) is 2.79. The topological polar surface area (TPSA) is 8.29 Å². The second kappa shape index (κ2) is 4.63. The molecular formula is C14H11Cl2N2+. The van der Waals surface area contributed by atoms with Crippen LogP contribution in [-0.4, -0.2) is 4.40 Å². The highest BCUT2D eigenvalue weighted by atomic mass is 35.5. The number of fused-ring (bicyclic) bond motifs is 1. The predicted molar refractivity (Wildman–Crippen MR) is 73.2 cm³/mol. The van der Waals surface area contributed by atoms with Gasteiger partial charge in [0.25, 0.3) is 5.65 Å². The van der Waals surface area contributed by atoms with Crippen molar-refractivity contribution in [3.63, 3.8) is 0 Å². The lowest BCUT2D eigenvalue weighted by molar-refractivity contribution is -0.661. The van der Waals surface area contributed by atoms with Crippen molar-refractivity contribution < 1.29 is 4.57 Å². The van der Waals surface area contributed by atoms with Crippen molar-refractivity contribution in [2.75, 3.05) is 0 Å². The van der Waals surface area contributed by atoms with Gasteiger partial charge in [-0.15, -0.1) is 0 Å². The van der Waals surface area contributed by atoms with Crippen LogP contribution >= 0.6 is 23.2 Å². The standard InChI is InChI=1S/C14H11Cl2N2/c15-12-5-3-4-11(14(12)16)10-18-9-8-17-7-2-1-6-13(17)18/h1-9H,10H2/q+1. The lowest BCUT2D eigenvalue weighted by Gasteiger charge is -2.03. The van der Waals surface area contributed by atoms with Gasteiger partial charge in [-0.05, 0) is 12.1 Å². The van der Waals surface area contributed by atoms with Crippen molar-refractivity contribution in [2.24, 2.45) is 0 Å². The Morgan fingerprint density at radius 1 is 1.00 bits per heavy atom. The van der Waals surface area contributed by atoms with E-state index in [0.29, 0.717) is 16.6 Å². The van der Waals surface area contributed by atoms with Crippen molar-refractivity contribution in [3.8, 4) is 0 Å². The third-order valence-electron chi connectivity index (χ3n) is 2.94. The van der Waals surface area contributed by atoms with Crippen LogP contribution in [0, 0.1) is 0 Å². The first-order valence-corrected chi connectivity index (χ1v) is 6.39. The zero-order chi connectivity index (χ0) is 12.5. The molecule has 18 heavy (non-hydrogen) atoms. The van der Waals surface area contributed by atoms with Crippen LogP contribution in [0.1, 0.15) is 5.56 Å². The van der Waals surface area contributed by atoms with Gasteiger partial charge in [-0.1, -0.05) is 41.4 Å². The number of pyridine rings is 1. The zero-order valence-corrected chi connectivity index (χ0v) is 11.1. The molecule has 0 radical (unpaired) electrons. The van der Waals surface area contributed by atoms with Crippen molar-refractivity contribution in [2.45, 2.75) is 6.54 Å². The number of rotatable bonds is 2. The largest absolute Gasteiger partial charge is 0.286 e. The van der Waals surface area contributed by atoms with Gasteiger partial charge in [0, 0.05) is 11.6 Å². The maximum Gasteiger partial charge on any atom is 0.286 e. The van der Waals surface area contributed by atoms with Crippen molar-refractivity contribution in [1.29, 1.82) is 0 Å². The minimum absolute atomic E-state index is 0.596. The van der Waals surface area contributed by atoms with Gasteiger partial charge in [0.1, 0.15) is 18.9 Å². The van der Waals surface area contributed by atoms with Gasteiger partial charge in [-0.25, -0.2) is 8.97 Å². The summed E-state index contributed by atoms with van der Waals surface area (Å²) in [6, 6.07) is 11.8. The molecule has 0 spiro atoms. The molecule has 0 bridgehead atoms. The monoisotopic (exact) mass is 277 g/mol. The van der Waals surface area contributed by atoms with Crippen LogP contribution in [0.4, 0.5) is 0 Å². The fraction of sp³-hybridized carbons (Fsp3) is 0.0714. The summed E-state index contributed by atoms with van der Waals surface area (Å²) in [6.45, 7) is 0.708. The third kappa shape index (κ3) is 1.98. The summed E-state index contributed by atoms with van der Waals surface area (Å²) >= 11 is 12.2. The van der Waals surface area contributed by atoms with Gasteiger partial charge in [-0.2, -0.15) is 0 Å². The van der Waals surface area contributed by atoms with Crippen LogP contribution in [0.15, 0.2) is 55.0 Å². The summed E-state index contributed by atoms with van der Waals surface area (Å²) in [5, 5.41) is 1.22. The molecule has 90 valence electrons. The molecule has 0 atom stereocenters. The Bertz CT molecular complexity index is 704. The van der Waals surface area contributed by atoms with E-state index in [0.717, 1.165) is 11.2 Å². The zero-order valence-electron chi connectivity index (χ0n) is 9.55. The number of imidazole rings is 1. The van der Waals surface area contributed by atoms with E-state index in [1.165, 1.54) is 0 Å². The predicted octanol–water partition coefficient (Wildman–Crippen LogP) is 3.58. The van der Waals surface area contributed by atoms with Gasteiger partial charge in [0.05, 0.1) is 16.2 Å². The van der Waals surface area contributed by atoms with Gasteiger partial charge < -0.3 is 0 Å². The van der Waals surface area contributed by atoms with Gasteiger partial charge >= 0.3 is 0 Å². The second-order valence-electron chi connectivity index (χ2n) is 4.11. The number of nitrogens with zero attached hydrogens (tertiary/aromatic N) is 2. The first-order valence-electron chi connectivity index (χ1n) is 5.64. The Balaban J connectivity index is 2.04. The molecule has 3 aromatic rings. The SMILES string of the molecule is Clc1cccc(C[n+]2ccn3ccccc32)c1Cl. The van der Waals surface area contributed by atoms with Crippen LogP contribution in [0.3, 0.4) is 0 Å². The molecule has 2 heterocycles. The van der Waals surface area contributed by atoms with E-state index in [4.69, 9.17) is 23.2 Å². The molecule has 0 N–H and O–H groups in total. The molecule has 0 aliphatic rings. The van der Waals surface area contributed by atoms with Crippen LogP contribution in [0.25, 0.3) is 5.65 Å². The molecule has 0 saturated carbocycles. The Morgan fingerprint density at radius 3 is 2.78 bits per heavy atom. The highest BCUT2D eigenvalue weighted by molar-refractivity contribution is 6.42. The minimum atomic E-state index is 0.596. The fourth-order valence-electron chi connectivity index (χ4n) is 2.03. The van der Waals surface area contributed by atoms with Crippen LogP contribution in [0.2, 0.25) is 10.0 Å². The summed E-state index contributed by atoms with van der Waals surface area (Å²) in [4.78, 5) is 0. The highest BCUT2D eigenvalue weighted by Gasteiger charge is 2.11. The van der Waals surface area contributed by atoms with Crippen molar-refractivity contribution in [1.82, 2.24) is 4.40 Å². The Morgan fingerprint density at radius 2 is 1.89 bits per heavy atom. The number of aromatic nitrogens is 2. The lowest BCUT2D eigenvalue weighted by atomic mass is 10.2. The van der Waals surface area contributed by atoms with E-state index in [2.05, 4.69) is 15.0 Å². The van der Waals surface area contributed by atoms with E-state index >= 15 is 0 Å². The molecule has 2 aromatic heterocycles. The maximum atomic E-state index is 6.21. The van der Waals surface area contributed by atoms with Gasteiger partial charge in [0.2, 0.25) is 0 Å². The molecule has 1 aromatic carbocycles. The summed E-state index contributed by atoms with van der Waals surface area (Å²) in [7, 11) is 0. The molecule has 3 rings (SSSR count). The molecular weight excluding hydrogens is 267 g/mol. The van der Waals surface area contributed by atoms with Crippen LogP contribution in [0.5, 0.6) is 0 Å². The minimum Gasteiger partial charge on any atom is -0.226 e. The summed E-state index contributed by atoms with van der Waals surface area (Å²) in [5.74, 6) is 0. The Kier molecular flexibility index (Phi) is 2.98. The van der Waals surface area contributed by atoms with E-state index in [9.17, 15) is 0 Å². The van der Waals surface area contributed by atoms with Crippen LogP contribution in [-0.2, 0) is 6.54 Å². The van der Waals surface area contributed by atoms with Crippen LogP contribution < -0.4 is 4.57 Å². The molecule has 4 heteroatoms. The number of halogens is 2. The molecule has 0 aliphatic heterocycles. The molecule has 0 amide bonds. The first-order chi connectivity index (χ1) is 8.75. The number of benzene rings is 1. The number of hydrogen-bond donors (Lipinski definition) is 0. The quantitative estimate of drug-likeness (QED) is 0.633. The number of hydrogen-bond acceptors (Lipinski definition) is 0. The summed E-state index contributed by atoms with van der Waals surface area (Å²) < 4.78 is 4.20. The maximum absolute atomic E-state index is 6.21. The van der Waals surface area contributed by atoms with E-state index in [-0.39, 0.29) is 0 Å². The third-order valence-corrected chi connectivity index (χ3v) is 3.80. The fourth-order valence-corrected chi connectivity index (χ4v) is 2.41. The summed E-state index contributed by atoms with van der Waals surface area (Å²) in [6.07, 6.45) is 6.08. The van der Waals surface area contributed by atoms with E-state index in [1.54, 1.807) is 6.07 Å². The smallest absolute Gasteiger partial charge is 0.226 e. The van der Waals surface area contributed by atoms with Crippen molar-refractivity contribution >= 4 is 28.8 Å². The first kappa shape index (κ1) is 11.6. The molecule has 0 unspecified atom stereocenters. The Hall–Kier alpha value is -1.51. The molecule has 2 nitrogen and oxygen atoms in total. The van der Waals surface area contributed by atoms with Gasteiger partial charge in [-0.3, -0.25) is 0 Å². The summed E-state index contributed by atoms with van der Waals surface area (Å²) in [5.41, 5.74) is 2.14. The molecule has 0 saturated heterocycles.